The monoisotopic (exact) mass is 344 g/mol. The normalized spacial score (nSPS) is 30.1. The standard InChI is InChI=1S/C22H20N2O2/c1-12(21-23-19-15-8-4-2-6-13(15)10-17(19)25-21)22-24-20-16-9-5-3-7-14(16)11-18(20)26-22/h2-9,12,17-20H,10-11H2,1H3/t17-,18-,19+,20+/m0/s1. The highest BCUT2D eigenvalue weighted by molar-refractivity contribution is 6.01. The third-order valence-corrected chi connectivity index (χ3v) is 6.11. The molecule has 2 aliphatic carbocycles. The van der Waals surface area contributed by atoms with Crippen molar-refractivity contribution in [2.75, 3.05) is 0 Å². The van der Waals surface area contributed by atoms with E-state index >= 15 is 0 Å². The Morgan fingerprint density at radius 3 is 1.73 bits per heavy atom. The van der Waals surface area contributed by atoms with Gasteiger partial charge in [0.2, 0.25) is 0 Å². The van der Waals surface area contributed by atoms with Crippen LogP contribution in [0.1, 0.15) is 41.3 Å². The van der Waals surface area contributed by atoms with Crippen molar-refractivity contribution in [3.8, 4) is 0 Å². The molecule has 0 fully saturated rings. The molecule has 0 aromatic heterocycles. The van der Waals surface area contributed by atoms with Crippen LogP contribution in [0.2, 0.25) is 0 Å². The summed E-state index contributed by atoms with van der Waals surface area (Å²) in [5.74, 6) is 1.54. The van der Waals surface area contributed by atoms with E-state index < -0.39 is 0 Å². The van der Waals surface area contributed by atoms with Gasteiger partial charge in [-0.2, -0.15) is 0 Å². The second kappa shape index (κ2) is 5.19. The molecule has 0 unspecified atom stereocenters. The number of aliphatic imine (C=N–C) groups is 2. The van der Waals surface area contributed by atoms with Gasteiger partial charge in [0, 0.05) is 12.8 Å². The molecule has 2 aromatic carbocycles. The van der Waals surface area contributed by atoms with Crippen molar-refractivity contribution in [2.45, 2.75) is 44.1 Å². The van der Waals surface area contributed by atoms with Gasteiger partial charge in [-0.25, -0.2) is 9.98 Å². The summed E-state index contributed by atoms with van der Waals surface area (Å²) in [6, 6.07) is 17.3. The molecule has 4 nitrogen and oxygen atoms in total. The summed E-state index contributed by atoms with van der Waals surface area (Å²) in [7, 11) is 0. The summed E-state index contributed by atoms with van der Waals surface area (Å²) in [6.07, 6.45) is 2.14. The van der Waals surface area contributed by atoms with Crippen molar-refractivity contribution >= 4 is 11.8 Å². The minimum atomic E-state index is -0.0227. The number of hydrogen-bond acceptors (Lipinski definition) is 4. The van der Waals surface area contributed by atoms with Crippen molar-refractivity contribution in [2.24, 2.45) is 15.9 Å². The second-order valence-corrected chi connectivity index (χ2v) is 7.66. The van der Waals surface area contributed by atoms with Crippen LogP contribution in [0.3, 0.4) is 0 Å². The average molecular weight is 344 g/mol. The van der Waals surface area contributed by atoms with Crippen LogP contribution in [0.25, 0.3) is 0 Å². The average Bonchev–Trinajstić information content (AvgIpc) is 3.38. The van der Waals surface area contributed by atoms with Crippen LogP contribution < -0.4 is 0 Å². The van der Waals surface area contributed by atoms with Gasteiger partial charge in [-0.3, -0.25) is 0 Å². The van der Waals surface area contributed by atoms with Gasteiger partial charge in [-0.15, -0.1) is 0 Å². The first-order valence-electron chi connectivity index (χ1n) is 9.42. The van der Waals surface area contributed by atoms with Crippen LogP contribution in [-0.2, 0) is 22.3 Å². The predicted molar refractivity (Wildman–Crippen MR) is 99.6 cm³/mol. The maximum Gasteiger partial charge on any atom is 0.196 e. The maximum absolute atomic E-state index is 6.22. The zero-order valence-electron chi connectivity index (χ0n) is 14.6. The summed E-state index contributed by atoms with van der Waals surface area (Å²) in [6.45, 7) is 2.09. The summed E-state index contributed by atoms with van der Waals surface area (Å²) >= 11 is 0. The summed E-state index contributed by atoms with van der Waals surface area (Å²) in [4.78, 5) is 9.82. The molecule has 0 spiro atoms. The molecule has 4 heteroatoms. The van der Waals surface area contributed by atoms with Gasteiger partial charge in [0.1, 0.15) is 30.2 Å². The van der Waals surface area contributed by atoms with Gasteiger partial charge in [0.15, 0.2) is 11.8 Å². The highest BCUT2D eigenvalue weighted by Crippen LogP contribution is 2.43. The lowest BCUT2D eigenvalue weighted by Gasteiger charge is -2.15. The molecule has 130 valence electrons. The molecular formula is C22H20N2O2. The Morgan fingerprint density at radius 1 is 0.769 bits per heavy atom. The van der Waals surface area contributed by atoms with Crippen LogP contribution in [0, 0.1) is 5.92 Å². The lowest BCUT2D eigenvalue weighted by molar-refractivity contribution is 0.184. The fourth-order valence-electron chi connectivity index (χ4n) is 4.77. The lowest BCUT2D eigenvalue weighted by Crippen LogP contribution is -2.26. The van der Waals surface area contributed by atoms with Crippen LogP contribution in [0.4, 0.5) is 0 Å². The molecule has 0 saturated heterocycles. The smallest absolute Gasteiger partial charge is 0.196 e. The highest BCUT2D eigenvalue weighted by atomic mass is 16.5. The van der Waals surface area contributed by atoms with Gasteiger partial charge < -0.3 is 9.47 Å². The van der Waals surface area contributed by atoms with Gasteiger partial charge in [-0.05, 0) is 29.2 Å². The van der Waals surface area contributed by atoms with Crippen molar-refractivity contribution in [1.29, 1.82) is 0 Å². The molecular weight excluding hydrogens is 324 g/mol. The molecule has 6 rings (SSSR count). The summed E-state index contributed by atoms with van der Waals surface area (Å²) in [5, 5.41) is 0. The quantitative estimate of drug-likeness (QED) is 0.831. The van der Waals surface area contributed by atoms with E-state index in [1.807, 2.05) is 0 Å². The number of benzene rings is 2. The number of nitrogens with zero attached hydrogens (tertiary/aromatic N) is 2. The van der Waals surface area contributed by atoms with Crippen LogP contribution in [-0.4, -0.2) is 24.0 Å². The molecule has 2 aromatic rings. The Balaban J connectivity index is 1.28. The predicted octanol–water partition coefficient (Wildman–Crippen LogP) is 3.81. The van der Waals surface area contributed by atoms with Gasteiger partial charge >= 0.3 is 0 Å². The molecule has 4 atom stereocenters. The topological polar surface area (TPSA) is 43.2 Å². The minimum Gasteiger partial charge on any atom is -0.474 e. The van der Waals surface area contributed by atoms with E-state index in [9.17, 15) is 0 Å². The summed E-state index contributed by atoms with van der Waals surface area (Å²) in [5.41, 5.74) is 5.33. The van der Waals surface area contributed by atoms with Crippen molar-refractivity contribution in [1.82, 2.24) is 0 Å². The number of rotatable bonds is 2. The fraction of sp³-hybridized carbons (Fsp3) is 0.364. The van der Waals surface area contributed by atoms with Crippen molar-refractivity contribution in [3.05, 3.63) is 70.8 Å². The van der Waals surface area contributed by atoms with Gasteiger partial charge in [0.25, 0.3) is 0 Å². The van der Waals surface area contributed by atoms with Crippen molar-refractivity contribution < 1.29 is 9.47 Å². The summed E-state index contributed by atoms with van der Waals surface area (Å²) < 4.78 is 12.4. The molecule has 0 bridgehead atoms. The van der Waals surface area contributed by atoms with E-state index in [1.165, 1.54) is 22.3 Å². The zero-order chi connectivity index (χ0) is 17.3. The van der Waals surface area contributed by atoms with Crippen LogP contribution in [0.15, 0.2) is 58.5 Å². The van der Waals surface area contributed by atoms with Crippen LogP contribution in [0.5, 0.6) is 0 Å². The molecule has 0 N–H and O–H groups in total. The molecule has 2 heterocycles. The molecule has 2 aliphatic heterocycles. The largest absolute Gasteiger partial charge is 0.474 e. The van der Waals surface area contributed by atoms with Gasteiger partial charge in [0.05, 0.1) is 0 Å². The fourth-order valence-corrected chi connectivity index (χ4v) is 4.77. The molecule has 0 saturated carbocycles. The Hall–Kier alpha value is -2.62. The first kappa shape index (κ1) is 14.5. The zero-order valence-corrected chi connectivity index (χ0v) is 14.6. The Morgan fingerprint density at radius 2 is 1.23 bits per heavy atom. The van der Waals surface area contributed by atoms with E-state index in [2.05, 4.69) is 55.5 Å². The molecule has 0 radical (unpaired) electrons. The van der Waals surface area contributed by atoms with E-state index in [4.69, 9.17) is 19.5 Å². The Kier molecular flexibility index (Phi) is 2.90. The maximum atomic E-state index is 6.22. The number of fused-ring (bicyclic) bond motifs is 6. The second-order valence-electron chi connectivity index (χ2n) is 7.66. The first-order valence-corrected chi connectivity index (χ1v) is 9.42. The third kappa shape index (κ3) is 1.96. The SMILES string of the molecule is CC(C1=N[C@@H]2c3ccccc3C[C@@H]2O1)C1=N[C@@H]2c3ccccc3C[C@@H]2O1. The molecule has 0 amide bonds. The Bertz CT molecular complexity index is 887. The number of ether oxygens (including phenoxy) is 2. The van der Waals surface area contributed by atoms with E-state index in [1.54, 1.807) is 0 Å². The molecule has 26 heavy (non-hydrogen) atoms. The minimum absolute atomic E-state index is 0.0227. The third-order valence-electron chi connectivity index (χ3n) is 6.11. The lowest BCUT2D eigenvalue weighted by atomic mass is 10.1. The van der Waals surface area contributed by atoms with Crippen molar-refractivity contribution in [3.63, 3.8) is 0 Å². The number of hydrogen-bond donors (Lipinski definition) is 0. The Labute approximate surface area is 152 Å². The first-order chi connectivity index (χ1) is 12.8. The highest BCUT2D eigenvalue weighted by Gasteiger charge is 2.45. The van der Waals surface area contributed by atoms with Crippen LogP contribution >= 0.6 is 0 Å². The van der Waals surface area contributed by atoms with Gasteiger partial charge in [-0.1, -0.05) is 48.5 Å². The van der Waals surface area contributed by atoms with E-state index in [0.29, 0.717) is 0 Å². The molecule has 4 aliphatic rings. The van der Waals surface area contributed by atoms with E-state index in [0.717, 1.165) is 24.6 Å². The van der Waals surface area contributed by atoms with E-state index in [-0.39, 0.29) is 30.2 Å².